The molecule has 0 saturated heterocycles. The number of aryl methyl sites for hydroxylation is 2. The number of pyridine rings is 1. The summed E-state index contributed by atoms with van der Waals surface area (Å²) in [6.07, 6.45) is 1.60. The second kappa shape index (κ2) is 7.82. The number of aromatic nitrogens is 6. The summed E-state index contributed by atoms with van der Waals surface area (Å²) < 4.78 is 9.32. The van der Waals surface area contributed by atoms with Crippen LogP contribution in [0.4, 0.5) is 11.6 Å². The number of halogens is 1. The molecule has 33 heavy (non-hydrogen) atoms. The Balaban J connectivity index is 1.60. The highest BCUT2D eigenvalue weighted by molar-refractivity contribution is 6.35. The number of nitrogens with one attached hydrogen (secondary N) is 2. The van der Waals surface area contributed by atoms with Crippen LogP contribution in [0.5, 0.6) is 5.88 Å². The first-order valence-corrected chi connectivity index (χ1v) is 10.4. The van der Waals surface area contributed by atoms with Crippen molar-refractivity contribution < 1.29 is 4.74 Å². The topological polar surface area (TPSA) is 112 Å². The van der Waals surface area contributed by atoms with E-state index in [0.717, 1.165) is 10.9 Å². The van der Waals surface area contributed by atoms with E-state index in [1.807, 2.05) is 18.2 Å². The molecule has 0 atom stereocenters. The summed E-state index contributed by atoms with van der Waals surface area (Å²) in [7, 11) is 4.84. The highest BCUT2D eigenvalue weighted by Crippen LogP contribution is 2.24. The molecule has 168 valence electrons. The molecule has 0 bridgehead atoms. The lowest BCUT2D eigenvalue weighted by Crippen LogP contribution is -2.39. The van der Waals surface area contributed by atoms with Crippen molar-refractivity contribution >= 4 is 45.3 Å². The van der Waals surface area contributed by atoms with Crippen molar-refractivity contribution in [3.8, 4) is 5.88 Å². The fraction of sp³-hybridized carbons (Fsp3) is 0.182. The van der Waals surface area contributed by atoms with E-state index in [9.17, 15) is 9.59 Å². The minimum absolute atomic E-state index is 0.0714. The average molecular weight is 466 g/mol. The molecular formula is C22H20ClN7O3. The van der Waals surface area contributed by atoms with Crippen molar-refractivity contribution in [1.29, 1.82) is 0 Å². The lowest BCUT2D eigenvalue weighted by Gasteiger charge is -2.08. The van der Waals surface area contributed by atoms with Gasteiger partial charge in [-0.25, -0.2) is 9.78 Å². The van der Waals surface area contributed by atoms with E-state index in [1.54, 1.807) is 43.1 Å². The Labute approximate surface area is 192 Å². The SMILES string of the molecule is COc1cc(Nc2nc3c(c(=O)n(Cc4cc5c(Cl)cccc5[nH]4)c(=O)n3C)n2C)ccn1. The first-order chi connectivity index (χ1) is 15.9. The number of H-pyrrole nitrogens is 1. The molecule has 11 heteroatoms. The smallest absolute Gasteiger partial charge is 0.332 e. The monoisotopic (exact) mass is 465 g/mol. The number of aromatic amines is 1. The van der Waals surface area contributed by atoms with Gasteiger partial charge >= 0.3 is 5.69 Å². The normalized spacial score (nSPS) is 11.4. The van der Waals surface area contributed by atoms with Crippen molar-refractivity contribution in [3.63, 3.8) is 0 Å². The number of nitrogens with zero attached hydrogens (tertiary/aromatic N) is 5. The second-order valence-electron chi connectivity index (χ2n) is 7.61. The third-order valence-corrected chi connectivity index (χ3v) is 5.88. The summed E-state index contributed by atoms with van der Waals surface area (Å²) in [6, 6.07) is 10.8. The Morgan fingerprint density at radius 3 is 2.73 bits per heavy atom. The minimum atomic E-state index is -0.465. The van der Waals surface area contributed by atoms with Crippen LogP contribution in [0, 0.1) is 0 Å². The fourth-order valence-electron chi connectivity index (χ4n) is 3.85. The fourth-order valence-corrected chi connectivity index (χ4v) is 4.08. The quantitative estimate of drug-likeness (QED) is 0.413. The zero-order chi connectivity index (χ0) is 23.3. The van der Waals surface area contributed by atoms with Crippen molar-refractivity contribution in [2.75, 3.05) is 12.4 Å². The van der Waals surface area contributed by atoms with Gasteiger partial charge in [0.25, 0.3) is 5.56 Å². The lowest BCUT2D eigenvalue weighted by molar-refractivity contribution is 0.398. The molecule has 0 amide bonds. The molecule has 0 aliphatic rings. The zero-order valence-corrected chi connectivity index (χ0v) is 18.8. The van der Waals surface area contributed by atoms with Gasteiger partial charge in [-0.2, -0.15) is 4.98 Å². The van der Waals surface area contributed by atoms with Gasteiger partial charge in [0.05, 0.1) is 13.7 Å². The molecule has 0 aliphatic heterocycles. The summed E-state index contributed by atoms with van der Waals surface area (Å²) in [5.74, 6) is 0.840. The van der Waals surface area contributed by atoms with E-state index >= 15 is 0 Å². The van der Waals surface area contributed by atoms with Gasteiger partial charge in [0.1, 0.15) is 0 Å². The summed E-state index contributed by atoms with van der Waals surface area (Å²) in [5, 5.41) is 4.58. The van der Waals surface area contributed by atoms with E-state index in [-0.39, 0.29) is 12.2 Å². The molecule has 0 aliphatic carbocycles. The van der Waals surface area contributed by atoms with Crippen molar-refractivity contribution in [3.05, 3.63) is 74.1 Å². The van der Waals surface area contributed by atoms with E-state index in [1.165, 1.54) is 16.2 Å². The van der Waals surface area contributed by atoms with Gasteiger partial charge in [0.15, 0.2) is 11.2 Å². The number of hydrogen-bond acceptors (Lipinski definition) is 6. The third-order valence-electron chi connectivity index (χ3n) is 5.56. The standard InChI is InChI=1S/C22H20ClN7O3/c1-28-18-19(27-21(28)26-12-7-8-24-17(10-12)33-3)29(2)22(32)30(20(18)31)11-13-9-14-15(23)5-4-6-16(14)25-13/h4-10,25H,11H2,1-3H3,(H,24,26,27). The van der Waals surface area contributed by atoms with Gasteiger partial charge in [0.2, 0.25) is 11.8 Å². The Kier molecular flexibility index (Phi) is 4.94. The number of anilines is 2. The van der Waals surface area contributed by atoms with Crippen LogP contribution in [0.2, 0.25) is 5.02 Å². The number of ether oxygens (including phenoxy) is 1. The summed E-state index contributed by atoms with van der Waals surface area (Å²) in [6.45, 7) is 0.0714. The molecule has 2 N–H and O–H groups in total. The maximum atomic E-state index is 13.4. The molecule has 10 nitrogen and oxygen atoms in total. The number of benzene rings is 1. The maximum absolute atomic E-state index is 13.4. The van der Waals surface area contributed by atoms with Gasteiger partial charge in [-0.1, -0.05) is 17.7 Å². The number of fused-ring (bicyclic) bond motifs is 2. The molecule has 4 aromatic heterocycles. The first-order valence-electron chi connectivity index (χ1n) is 10.1. The zero-order valence-electron chi connectivity index (χ0n) is 18.1. The molecule has 0 unspecified atom stereocenters. The van der Waals surface area contributed by atoms with Crippen LogP contribution in [-0.4, -0.2) is 35.8 Å². The first kappa shape index (κ1) is 20.8. The molecule has 5 aromatic rings. The van der Waals surface area contributed by atoms with Crippen LogP contribution in [0.15, 0.2) is 52.2 Å². The number of hydrogen-bond donors (Lipinski definition) is 2. The maximum Gasteiger partial charge on any atom is 0.332 e. The van der Waals surface area contributed by atoms with Crippen LogP contribution < -0.4 is 21.3 Å². The Morgan fingerprint density at radius 2 is 1.97 bits per heavy atom. The van der Waals surface area contributed by atoms with Crippen LogP contribution in [-0.2, 0) is 20.6 Å². The van der Waals surface area contributed by atoms with Gasteiger partial charge < -0.3 is 19.6 Å². The summed E-state index contributed by atoms with van der Waals surface area (Å²) in [5.41, 5.74) is 1.90. The Bertz CT molecular complexity index is 1640. The van der Waals surface area contributed by atoms with Gasteiger partial charge in [-0.05, 0) is 24.3 Å². The average Bonchev–Trinajstić information content (AvgIpc) is 3.37. The molecule has 0 spiro atoms. The van der Waals surface area contributed by atoms with E-state index in [0.29, 0.717) is 33.7 Å². The number of rotatable bonds is 5. The molecule has 4 heterocycles. The number of methoxy groups -OCH3 is 1. The lowest BCUT2D eigenvalue weighted by atomic mass is 10.2. The summed E-state index contributed by atoms with van der Waals surface area (Å²) in [4.78, 5) is 38.2. The van der Waals surface area contributed by atoms with E-state index in [4.69, 9.17) is 16.3 Å². The molecule has 5 rings (SSSR count). The van der Waals surface area contributed by atoms with Crippen LogP contribution in [0.1, 0.15) is 5.69 Å². The molecule has 0 fully saturated rings. The van der Waals surface area contributed by atoms with Crippen molar-refractivity contribution in [1.82, 2.24) is 28.7 Å². The second-order valence-corrected chi connectivity index (χ2v) is 8.01. The Morgan fingerprint density at radius 1 is 1.15 bits per heavy atom. The summed E-state index contributed by atoms with van der Waals surface area (Å²) >= 11 is 6.26. The minimum Gasteiger partial charge on any atom is -0.481 e. The molecule has 0 saturated carbocycles. The van der Waals surface area contributed by atoms with Crippen molar-refractivity contribution in [2.24, 2.45) is 14.1 Å². The molecular weight excluding hydrogens is 446 g/mol. The van der Waals surface area contributed by atoms with Crippen LogP contribution in [0.3, 0.4) is 0 Å². The largest absolute Gasteiger partial charge is 0.481 e. The van der Waals surface area contributed by atoms with Gasteiger partial charge in [0, 0.05) is 53.7 Å². The van der Waals surface area contributed by atoms with Gasteiger partial charge in [-0.3, -0.25) is 13.9 Å². The predicted molar refractivity (Wildman–Crippen MR) is 127 cm³/mol. The highest BCUT2D eigenvalue weighted by Gasteiger charge is 2.19. The number of imidazole rings is 1. The molecule has 0 radical (unpaired) electrons. The predicted octanol–water partition coefficient (Wildman–Crippen LogP) is 2.76. The van der Waals surface area contributed by atoms with Gasteiger partial charge in [-0.15, -0.1) is 0 Å². The van der Waals surface area contributed by atoms with Crippen LogP contribution >= 0.6 is 11.6 Å². The van der Waals surface area contributed by atoms with E-state index < -0.39 is 11.2 Å². The van der Waals surface area contributed by atoms with E-state index in [2.05, 4.69) is 20.3 Å². The third kappa shape index (κ3) is 3.44. The molecule has 1 aromatic carbocycles. The van der Waals surface area contributed by atoms with Crippen molar-refractivity contribution in [2.45, 2.75) is 6.54 Å². The Hall–Kier alpha value is -4.05. The highest BCUT2D eigenvalue weighted by atomic mass is 35.5. The van der Waals surface area contributed by atoms with Crippen LogP contribution in [0.25, 0.3) is 22.1 Å².